The molecular weight excluding hydrogens is 316 g/mol. The van der Waals surface area contributed by atoms with Crippen LogP contribution in [-0.4, -0.2) is 5.38 Å². The lowest BCUT2D eigenvalue weighted by atomic mass is 10.0. The Morgan fingerprint density at radius 3 is 2.47 bits per heavy atom. The van der Waals surface area contributed by atoms with E-state index in [4.69, 9.17) is 11.6 Å². The highest BCUT2D eigenvalue weighted by Gasteiger charge is 2.32. The Bertz CT molecular complexity index is 413. The summed E-state index contributed by atoms with van der Waals surface area (Å²) < 4.78 is 37.8. The molecule has 0 saturated heterocycles. The second-order valence-electron chi connectivity index (χ2n) is 4.36. The van der Waals surface area contributed by atoms with Crippen molar-refractivity contribution in [2.45, 2.75) is 30.8 Å². The van der Waals surface area contributed by atoms with Crippen LogP contribution in [0.15, 0.2) is 22.7 Å². The molecule has 1 aromatic rings. The first-order chi connectivity index (χ1) is 7.88. The predicted octanol–water partition coefficient (Wildman–Crippen LogP) is 5.03. The quantitative estimate of drug-likeness (QED) is 0.683. The molecule has 94 valence electrons. The standard InChI is InChI=1S/C12H11BrClF3/c13-10-6-9(12(15,16)17)4-3-8(10)5-11(14)7-1-2-7/h3-4,6-7,11H,1-2,5H2. The predicted molar refractivity (Wildman–Crippen MR) is 65.2 cm³/mol. The second kappa shape index (κ2) is 4.81. The molecule has 0 spiro atoms. The van der Waals surface area contributed by atoms with Gasteiger partial charge in [-0.25, -0.2) is 0 Å². The van der Waals surface area contributed by atoms with Crippen molar-refractivity contribution < 1.29 is 13.2 Å². The minimum Gasteiger partial charge on any atom is -0.166 e. The van der Waals surface area contributed by atoms with E-state index >= 15 is 0 Å². The van der Waals surface area contributed by atoms with Crippen LogP contribution in [-0.2, 0) is 12.6 Å². The maximum absolute atomic E-state index is 12.5. The van der Waals surface area contributed by atoms with Gasteiger partial charge in [-0.05, 0) is 42.9 Å². The normalized spacial score (nSPS) is 18.2. The van der Waals surface area contributed by atoms with E-state index in [9.17, 15) is 13.2 Å². The topological polar surface area (TPSA) is 0 Å². The van der Waals surface area contributed by atoms with Crippen molar-refractivity contribution in [3.63, 3.8) is 0 Å². The first-order valence-corrected chi connectivity index (χ1v) is 6.60. The third kappa shape index (κ3) is 3.38. The van der Waals surface area contributed by atoms with Gasteiger partial charge in [-0.15, -0.1) is 11.6 Å². The third-order valence-electron chi connectivity index (χ3n) is 2.93. The molecule has 0 aliphatic heterocycles. The molecule has 1 aliphatic carbocycles. The van der Waals surface area contributed by atoms with Gasteiger partial charge < -0.3 is 0 Å². The van der Waals surface area contributed by atoms with Crippen LogP contribution in [0.2, 0.25) is 0 Å². The van der Waals surface area contributed by atoms with Crippen LogP contribution in [0.5, 0.6) is 0 Å². The van der Waals surface area contributed by atoms with Gasteiger partial charge in [0, 0.05) is 9.85 Å². The van der Waals surface area contributed by atoms with Crippen LogP contribution in [0.1, 0.15) is 24.0 Å². The van der Waals surface area contributed by atoms with Crippen LogP contribution in [0.4, 0.5) is 13.2 Å². The fourth-order valence-electron chi connectivity index (χ4n) is 1.72. The summed E-state index contributed by atoms with van der Waals surface area (Å²) in [6.07, 6.45) is -1.41. The highest BCUT2D eigenvalue weighted by atomic mass is 79.9. The van der Waals surface area contributed by atoms with Gasteiger partial charge in [0.25, 0.3) is 0 Å². The smallest absolute Gasteiger partial charge is 0.166 e. The summed E-state index contributed by atoms with van der Waals surface area (Å²) in [5, 5.41) is 0.0306. The van der Waals surface area contributed by atoms with Crippen LogP contribution >= 0.6 is 27.5 Å². The molecule has 0 amide bonds. The molecule has 1 aromatic carbocycles. The molecule has 5 heteroatoms. The van der Waals surface area contributed by atoms with Crippen molar-refractivity contribution in [1.29, 1.82) is 0 Å². The van der Waals surface area contributed by atoms with Gasteiger partial charge in [0.2, 0.25) is 0 Å². The van der Waals surface area contributed by atoms with Gasteiger partial charge in [0.1, 0.15) is 0 Å². The summed E-state index contributed by atoms with van der Waals surface area (Å²) in [7, 11) is 0. The first-order valence-electron chi connectivity index (χ1n) is 5.37. The van der Waals surface area contributed by atoms with Crippen LogP contribution < -0.4 is 0 Å². The maximum atomic E-state index is 12.5. The van der Waals surface area contributed by atoms with E-state index in [2.05, 4.69) is 15.9 Å². The Balaban J connectivity index is 2.13. The zero-order chi connectivity index (χ0) is 12.6. The minimum atomic E-state index is -4.29. The molecule has 1 unspecified atom stereocenters. The monoisotopic (exact) mass is 326 g/mol. The van der Waals surface area contributed by atoms with Crippen molar-refractivity contribution in [2.75, 3.05) is 0 Å². The zero-order valence-electron chi connectivity index (χ0n) is 8.90. The molecule has 0 radical (unpaired) electrons. The molecule has 1 aliphatic rings. The number of alkyl halides is 4. The van der Waals surface area contributed by atoms with Crippen molar-refractivity contribution in [3.05, 3.63) is 33.8 Å². The molecule has 2 rings (SSSR count). The molecular formula is C12H11BrClF3. The van der Waals surface area contributed by atoms with E-state index in [1.807, 2.05) is 0 Å². The molecule has 0 aromatic heterocycles. The fourth-order valence-corrected chi connectivity index (χ4v) is 2.68. The van der Waals surface area contributed by atoms with Crippen molar-refractivity contribution >= 4 is 27.5 Å². The molecule has 0 N–H and O–H groups in total. The van der Waals surface area contributed by atoms with Gasteiger partial charge in [0.15, 0.2) is 0 Å². The van der Waals surface area contributed by atoms with Crippen molar-refractivity contribution in [3.8, 4) is 0 Å². The molecule has 17 heavy (non-hydrogen) atoms. The fraction of sp³-hybridized carbons (Fsp3) is 0.500. The molecule has 1 saturated carbocycles. The van der Waals surface area contributed by atoms with E-state index in [0.29, 0.717) is 16.8 Å². The third-order valence-corrected chi connectivity index (χ3v) is 4.18. The van der Waals surface area contributed by atoms with Gasteiger partial charge in [0.05, 0.1) is 5.56 Å². The number of rotatable bonds is 3. The molecule has 0 nitrogen and oxygen atoms in total. The zero-order valence-corrected chi connectivity index (χ0v) is 11.2. The molecule has 1 fully saturated rings. The Hall–Kier alpha value is -0.220. The minimum absolute atomic E-state index is 0.0306. The lowest BCUT2D eigenvalue weighted by Crippen LogP contribution is -2.08. The van der Waals surface area contributed by atoms with Crippen molar-refractivity contribution in [1.82, 2.24) is 0 Å². The Morgan fingerprint density at radius 1 is 1.35 bits per heavy atom. The van der Waals surface area contributed by atoms with Crippen LogP contribution in [0, 0.1) is 5.92 Å². The number of benzene rings is 1. The number of hydrogen-bond acceptors (Lipinski definition) is 0. The van der Waals surface area contributed by atoms with Gasteiger partial charge in [-0.1, -0.05) is 22.0 Å². The summed E-state index contributed by atoms with van der Waals surface area (Å²) in [5.74, 6) is 0.533. The highest BCUT2D eigenvalue weighted by Crippen LogP contribution is 2.39. The Morgan fingerprint density at radius 2 is 2.00 bits per heavy atom. The van der Waals surface area contributed by atoms with E-state index < -0.39 is 11.7 Å². The first kappa shape index (κ1) is 13.2. The van der Waals surface area contributed by atoms with E-state index in [1.165, 1.54) is 6.07 Å². The lowest BCUT2D eigenvalue weighted by molar-refractivity contribution is -0.137. The Labute approximate surface area is 111 Å². The molecule has 0 heterocycles. The Kier molecular flexibility index (Phi) is 3.74. The summed E-state index contributed by atoms with van der Waals surface area (Å²) in [6.45, 7) is 0. The van der Waals surface area contributed by atoms with Gasteiger partial charge in [-0.2, -0.15) is 13.2 Å². The lowest BCUT2D eigenvalue weighted by Gasteiger charge is -2.12. The summed E-state index contributed by atoms with van der Waals surface area (Å²) in [4.78, 5) is 0. The van der Waals surface area contributed by atoms with Crippen molar-refractivity contribution in [2.24, 2.45) is 5.92 Å². The van der Waals surface area contributed by atoms with Gasteiger partial charge >= 0.3 is 6.18 Å². The van der Waals surface area contributed by atoms with E-state index in [-0.39, 0.29) is 5.38 Å². The summed E-state index contributed by atoms with van der Waals surface area (Å²) >= 11 is 9.35. The number of hydrogen-bond donors (Lipinski definition) is 0. The van der Waals surface area contributed by atoms with E-state index in [1.54, 1.807) is 0 Å². The average molecular weight is 328 g/mol. The summed E-state index contributed by atoms with van der Waals surface area (Å²) in [6, 6.07) is 3.73. The van der Waals surface area contributed by atoms with E-state index in [0.717, 1.165) is 30.5 Å². The maximum Gasteiger partial charge on any atom is 0.416 e. The second-order valence-corrected chi connectivity index (χ2v) is 5.78. The summed E-state index contributed by atoms with van der Waals surface area (Å²) in [5.41, 5.74) is 0.204. The molecule has 1 atom stereocenters. The van der Waals surface area contributed by atoms with Crippen LogP contribution in [0.3, 0.4) is 0 Å². The number of halogens is 5. The molecule has 0 bridgehead atoms. The average Bonchev–Trinajstić information content (AvgIpc) is 3.02. The van der Waals surface area contributed by atoms with Crippen LogP contribution in [0.25, 0.3) is 0 Å². The van der Waals surface area contributed by atoms with Gasteiger partial charge in [-0.3, -0.25) is 0 Å². The SMILES string of the molecule is FC(F)(F)c1ccc(CC(Cl)C2CC2)c(Br)c1. The highest BCUT2D eigenvalue weighted by molar-refractivity contribution is 9.10. The largest absolute Gasteiger partial charge is 0.416 e.